The maximum Gasteiger partial charge on any atom is 0.308 e. The largest absolute Gasteiger partial charge is 0.481 e. The third-order valence-corrected chi connectivity index (χ3v) is 3.85. The molecule has 0 radical (unpaired) electrons. The summed E-state index contributed by atoms with van der Waals surface area (Å²) in [6.45, 7) is 2.11. The molecule has 2 N–H and O–H groups in total. The van der Waals surface area contributed by atoms with Crippen LogP contribution in [0.15, 0.2) is 30.3 Å². The first kappa shape index (κ1) is 16.0. The summed E-state index contributed by atoms with van der Waals surface area (Å²) in [6, 6.07) is 8.90. The number of rotatable bonds is 5. The van der Waals surface area contributed by atoms with Crippen LogP contribution in [0.4, 0.5) is 0 Å². The molecule has 0 saturated carbocycles. The van der Waals surface area contributed by atoms with Gasteiger partial charge in [0, 0.05) is 20.0 Å². The maximum absolute atomic E-state index is 12.4. The number of hydrogen-bond donors (Lipinski definition) is 2. The number of amides is 2. The van der Waals surface area contributed by atoms with Crippen LogP contribution in [0.5, 0.6) is 0 Å². The number of aliphatic carboxylic acids is 1. The van der Waals surface area contributed by atoms with Crippen LogP contribution in [-0.2, 0) is 14.4 Å². The van der Waals surface area contributed by atoms with Gasteiger partial charge in [-0.05, 0) is 12.0 Å². The number of hydrogen-bond acceptors (Lipinski definition) is 3. The number of carbonyl (C=O) groups excluding carboxylic acids is 2. The molecule has 1 aromatic carbocycles. The summed E-state index contributed by atoms with van der Waals surface area (Å²) in [4.78, 5) is 36.2. The maximum atomic E-state index is 12.4. The highest BCUT2D eigenvalue weighted by molar-refractivity contribution is 5.80. The van der Waals surface area contributed by atoms with Crippen LogP contribution in [-0.4, -0.2) is 40.9 Å². The van der Waals surface area contributed by atoms with E-state index in [2.05, 4.69) is 5.32 Å². The van der Waals surface area contributed by atoms with E-state index in [0.29, 0.717) is 13.0 Å². The van der Waals surface area contributed by atoms with Crippen molar-refractivity contribution in [3.05, 3.63) is 35.9 Å². The van der Waals surface area contributed by atoms with E-state index in [9.17, 15) is 14.4 Å². The van der Waals surface area contributed by atoms with Crippen molar-refractivity contribution in [2.45, 2.75) is 25.8 Å². The molecule has 0 aromatic heterocycles. The summed E-state index contributed by atoms with van der Waals surface area (Å²) in [5.41, 5.74) is 0.861. The number of likely N-dealkylation sites (tertiary alicyclic amines) is 1. The zero-order valence-corrected chi connectivity index (χ0v) is 12.5. The molecule has 118 valence electrons. The number of nitrogens with zero attached hydrogens (tertiary/aromatic N) is 1. The molecule has 1 heterocycles. The third kappa shape index (κ3) is 4.07. The Kier molecular flexibility index (Phi) is 5.14. The molecule has 1 fully saturated rings. The van der Waals surface area contributed by atoms with Gasteiger partial charge in [0.2, 0.25) is 11.8 Å². The topological polar surface area (TPSA) is 86.7 Å². The van der Waals surface area contributed by atoms with Crippen molar-refractivity contribution in [3.63, 3.8) is 0 Å². The van der Waals surface area contributed by atoms with E-state index in [1.165, 1.54) is 6.92 Å². The predicted octanol–water partition coefficient (Wildman–Crippen LogP) is 1.19. The molecule has 1 aliphatic heterocycles. The Morgan fingerprint density at radius 2 is 2.00 bits per heavy atom. The number of carboxylic acids is 1. The van der Waals surface area contributed by atoms with Crippen LogP contribution in [0, 0.1) is 5.92 Å². The van der Waals surface area contributed by atoms with Crippen LogP contribution in [0.25, 0.3) is 0 Å². The first-order valence-electron chi connectivity index (χ1n) is 7.30. The van der Waals surface area contributed by atoms with Gasteiger partial charge in [-0.2, -0.15) is 0 Å². The molecule has 6 nitrogen and oxygen atoms in total. The normalized spacial score (nSPS) is 18.8. The lowest BCUT2D eigenvalue weighted by atomic mass is 10.0. The summed E-state index contributed by atoms with van der Waals surface area (Å²) in [5, 5.41) is 11.8. The minimum atomic E-state index is -0.864. The summed E-state index contributed by atoms with van der Waals surface area (Å²) in [5.74, 6) is -1.69. The minimum Gasteiger partial charge on any atom is -0.481 e. The Labute approximate surface area is 129 Å². The molecule has 1 aliphatic rings. The molecule has 2 amide bonds. The number of benzene rings is 1. The molecule has 0 unspecified atom stereocenters. The number of nitrogens with one attached hydrogen (secondary N) is 1. The van der Waals surface area contributed by atoms with E-state index in [-0.39, 0.29) is 24.8 Å². The van der Waals surface area contributed by atoms with Gasteiger partial charge in [-0.3, -0.25) is 14.4 Å². The van der Waals surface area contributed by atoms with Gasteiger partial charge >= 0.3 is 5.97 Å². The zero-order chi connectivity index (χ0) is 16.1. The van der Waals surface area contributed by atoms with Gasteiger partial charge < -0.3 is 15.3 Å². The van der Waals surface area contributed by atoms with Gasteiger partial charge in [-0.1, -0.05) is 30.3 Å². The van der Waals surface area contributed by atoms with E-state index >= 15 is 0 Å². The molecular weight excluding hydrogens is 284 g/mol. The molecule has 0 bridgehead atoms. The smallest absolute Gasteiger partial charge is 0.308 e. The summed E-state index contributed by atoms with van der Waals surface area (Å²) < 4.78 is 0. The number of carboxylic acid groups (broad SMARTS) is 1. The van der Waals surface area contributed by atoms with Crippen molar-refractivity contribution in [2.24, 2.45) is 5.92 Å². The second kappa shape index (κ2) is 7.06. The average Bonchev–Trinajstić information content (AvgIpc) is 2.97. The molecular formula is C16H20N2O4. The number of carbonyl (C=O) groups is 3. The van der Waals surface area contributed by atoms with E-state index in [0.717, 1.165) is 5.56 Å². The van der Waals surface area contributed by atoms with Crippen LogP contribution in [0.3, 0.4) is 0 Å². The molecule has 22 heavy (non-hydrogen) atoms. The van der Waals surface area contributed by atoms with Crippen LogP contribution in [0.2, 0.25) is 0 Å². The van der Waals surface area contributed by atoms with Crippen LogP contribution < -0.4 is 5.32 Å². The first-order chi connectivity index (χ1) is 10.5. The molecule has 0 aliphatic carbocycles. The van der Waals surface area contributed by atoms with Gasteiger partial charge in [-0.25, -0.2) is 0 Å². The highest BCUT2D eigenvalue weighted by Gasteiger charge is 2.31. The minimum absolute atomic E-state index is 0.133. The summed E-state index contributed by atoms with van der Waals surface area (Å²) >= 11 is 0. The second-order valence-electron chi connectivity index (χ2n) is 5.53. The molecule has 6 heteroatoms. The highest BCUT2D eigenvalue weighted by atomic mass is 16.4. The van der Waals surface area contributed by atoms with Crippen molar-refractivity contribution in [1.82, 2.24) is 10.2 Å². The standard InChI is InChI=1S/C16H20N2O4/c1-11(19)17-14(12-5-3-2-4-6-12)9-15(20)18-8-7-13(10-18)16(21)22/h2-6,13-14H,7-10H2,1H3,(H,17,19)(H,21,22)/t13-,14-/m0/s1. The monoisotopic (exact) mass is 304 g/mol. The van der Waals surface area contributed by atoms with Gasteiger partial charge in [0.15, 0.2) is 0 Å². The Morgan fingerprint density at radius 3 is 2.55 bits per heavy atom. The fourth-order valence-corrected chi connectivity index (χ4v) is 2.68. The molecule has 1 saturated heterocycles. The van der Waals surface area contributed by atoms with Crippen molar-refractivity contribution >= 4 is 17.8 Å². The summed E-state index contributed by atoms with van der Waals surface area (Å²) in [7, 11) is 0. The summed E-state index contributed by atoms with van der Waals surface area (Å²) in [6.07, 6.45) is 0.618. The van der Waals surface area contributed by atoms with Gasteiger partial charge in [-0.15, -0.1) is 0 Å². The van der Waals surface area contributed by atoms with Crippen molar-refractivity contribution < 1.29 is 19.5 Å². The van der Waals surface area contributed by atoms with Gasteiger partial charge in [0.25, 0.3) is 0 Å². The molecule has 2 atom stereocenters. The SMILES string of the molecule is CC(=O)N[C@@H](CC(=O)N1CC[C@H](C(=O)O)C1)c1ccccc1. The second-order valence-corrected chi connectivity index (χ2v) is 5.53. The Bertz CT molecular complexity index is 559. The van der Waals surface area contributed by atoms with E-state index < -0.39 is 17.9 Å². The molecule has 1 aromatic rings. The Balaban J connectivity index is 2.03. The van der Waals surface area contributed by atoms with Crippen molar-refractivity contribution in [2.75, 3.05) is 13.1 Å². The third-order valence-electron chi connectivity index (χ3n) is 3.85. The fourth-order valence-electron chi connectivity index (χ4n) is 2.68. The fraction of sp³-hybridized carbons (Fsp3) is 0.438. The van der Waals surface area contributed by atoms with Gasteiger partial charge in [0.1, 0.15) is 0 Å². The Morgan fingerprint density at radius 1 is 1.32 bits per heavy atom. The predicted molar refractivity (Wildman–Crippen MR) is 79.9 cm³/mol. The first-order valence-corrected chi connectivity index (χ1v) is 7.30. The Hall–Kier alpha value is -2.37. The lowest BCUT2D eigenvalue weighted by Crippen LogP contribution is -2.35. The quantitative estimate of drug-likeness (QED) is 0.855. The highest BCUT2D eigenvalue weighted by Crippen LogP contribution is 2.22. The zero-order valence-electron chi connectivity index (χ0n) is 12.5. The lowest BCUT2D eigenvalue weighted by Gasteiger charge is -2.22. The van der Waals surface area contributed by atoms with E-state index in [1.54, 1.807) is 4.90 Å². The lowest BCUT2D eigenvalue weighted by molar-refractivity contribution is -0.141. The van der Waals surface area contributed by atoms with Crippen molar-refractivity contribution in [3.8, 4) is 0 Å². The van der Waals surface area contributed by atoms with Crippen LogP contribution >= 0.6 is 0 Å². The molecule has 2 rings (SSSR count). The van der Waals surface area contributed by atoms with E-state index in [1.807, 2.05) is 30.3 Å². The average molecular weight is 304 g/mol. The van der Waals surface area contributed by atoms with Crippen LogP contribution in [0.1, 0.15) is 31.4 Å². The molecule has 0 spiro atoms. The van der Waals surface area contributed by atoms with Gasteiger partial charge in [0.05, 0.1) is 18.4 Å². The van der Waals surface area contributed by atoms with E-state index in [4.69, 9.17) is 5.11 Å². The van der Waals surface area contributed by atoms with Crippen molar-refractivity contribution in [1.29, 1.82) is 0 Å².